The Bertz CT molecular complexity index is 257. The average Bonchev–Trinajstić information content (AvgIpc) is 2.33. The zero-order chi connectivity index (χ0) is 6.10. The van der Waals surface area contributed by atoms with Crippen LogP contribution >= 0.6 is 17.1 Å². The highest BCUT2D eigenvalue weighted by molar-refractivity contribution is 7.60. The Kier molecular flexibility index (Phi) is 1.33. The van der Waals surface area contributed by atoms with E-state index in [9.17, 15) is 0 Å². The van der Waals surface area contributed by atoms with Crippen molar-refractivity contribution in [1.82, 2.24) is 0 Å². The molecule has 0 N–H and O–H groups in total. The van der Waals surface area contributed by atoms with Gasteiger partial charge in [-0.2, -0.15) is 0 Å². The smallest absolute Gasteiger partial charge is 0.106 e. The van der Waals surface area contributed by atoms with Gasteiger partial charge in [-0.25, -0.2) is 4.52 Å². The highest BCUT2D eigenvalue weighted by Crippen LogP contribution is 2.24. The number of fused-ring (bicyclic) bond motifs is 1. The molecule has 3 heteroatoms. The molecule has 1 aromatic rings. The van der Waals surface area contributed by atoms with E-state index in [-0.39, 0.29) is 0 Å². The number of nitrogens with zero attached hydrogens (tertiary/aromatic N) is 1. The quantitative estimate of drug-likeness (QED) is 0.503. The lowest BCUT2D eigenvalue weighted by Gasteiger charge is -1.88. The van der Waals surface area contributed by atoms with Crippen molar-refractivity contribution in [3.8, 4) is 0 Å². The molecule has 0 aromatic heterocycles. The van der Waals surface area contributed by atoms with Crippen molar-refractivity contribution in [1.29, 1.82) is 0 Å². The molecule has 1 heterocycles. The Balaban J connectivity index is 2.63. The van der Waals surface area contributed by atoms with Gasteiger partial charge in [-0.1, -0.05) is 18.2 Å². The highest BCUT2D eigenvalue weighted by atomic mass is 31.1. The third-order valence-electron chi connectivity index (χ3n) is 1.19. The Hall–Kier alpha value is -0.250. The van der Waals surface area contributed by atoms with Crippen LogP contribution in [-0.2, 0) is 0 Å². The fourth-order valence-corrected chi connectivity index (χ4v) is 2.63. The number of rotatable bonds is 0. The molecule has 1 radical (unpaired) electrons. The largest absolute Gasteiger partial charge is 0.228 e. The standard InChI is InChI=1S/C6H4NP2/c1-2-4-6-5(3-1)8-7-9-6/h1-4H. The van der Waals surface area contributed by atoms with Crippen LogP contribution in [0.3, 0.4) is 0 Å². The summed E-state index contributed by atoms with van der Waals surface area (Å²) < 4.78 is 4.20. The first-order valence-corrected chi connectivity index (χ1v) is 4.37. The van der Waals surface area contributed by atoms with Gasteiger partial charge in [0.1, 0.15) is 8.73 Å². The summed E-state index contributed by atoms with van der Waals surface area (Å²) >= 11 is 0. The van der Waals surface area contributed by atoms with E-state index in [1.807, 2.05) is 0 Å². The van der Waals surface area contributed by atoms with Crippen molar-refractivity contribution in [2.75, 3.05) is 0 Å². The second kappa shape index (κ2) is 2.17. The fourth-order valence-electron chi connectivity index (χ4n) is 0.752. The van der Waals surface area contributed by atoms with Crippen LogP contribution < -0.4 is 10.6 Å². The summed E-state index contributed by atoms with van der Waals surface area (Å²) in [6, 6.07) is 8.37. The first-order chi connectivity index (χ1) is 4.47. The summed E-state index contributed by atoms with van der Waals surface area (Å²) in [5, 5.41) is 2.72. The molecule has 0 saturated heterocycles. The lowest BCUT2D eigenvalue weighted by atomic mass is 10.4. The van der Waals surface area contributed by atoms with Gasteiger partial charge in [0.15, 0.2) is 0 Å². The van der Waals surface area contributed by atoms with Crippen LogP contribution in [0.4, 0.5) is 0 Å². The van der Waals surface area contributed by atoms with Gasteiger partial charge in [0.2, 0.25) is 0 Å². The molecule has 0 aliphatic carbocycles. The van der Waals surface area contributed by atoms with Gasteiger partial charge in [0.05, 0.1) is 0 Å². The third-order valence-corrected chi connectivity index (χ3v) is 3.29. The summed E-state index contributed by atoms with van der Waals surface area (Å²) in [6.45, 7) is 0. The van der Waals surface area contributed by atoms with E-state index in [1.165, 1.54) is 10.6 Å². The second-order valence-corrected chi connectivity index (χ2v) is 3.86. The monoisotopic (exact) mass is 152 g/mol. The van der Waals surface area contributed by atoms with Crippen molar-refractivity contribution >= 4 is 27.7 Å². The summed E-state index contributed by atoms with van der Waals surface area (Å²) in [5.74, 6) is 0. The molecule has 0 atom stereocenters. The molecule has 1 aliphatic rings. The molecule has 43 valence electrons. The van der Waals surface area contributed by atoms with Crippen LogP contribution in [0.5, 0.6) is 0 Å². The minimum atomic E-state index is 1.14. The van der Waals surface area contributed by atoms with Crippen LogP contribution in [-0.4, -0.2) is 0 Å². The van der Waals surface area contributed by atoms with Gasteiger partial charge in [-0.05, 0) is 6.07 Å². The van der Waals surface area contributed by atoms with E-state index < -0.39 is 0 Å². The molecule has 0 spiro atoms. The zero-order valence-corrected chi connectivity index (χ0v) is 6.44. The second-order valence-electron chi connectivity index (χ2n) is 1.78. The molecular formula is C6H4NP2. The molecule has 1 aromatic carbocycles. The number of hydrogen-bond donors (Lipinski definition) is 0. The first kappa shape index (κ1) is 5.53. The maximum Gasteiger partial charge on any atom is 0.106 e. The lowest BCUT2D eigenvalue weighted by Crippen LogP contribution is -2.08. The Morgan fingerprint density at radius 3 is 2.67 bits per heavy atom. The molecule has 0 amide bonds. The Morgan fingerprint density at radius 2 is 1.89 bits per heavy atom. The average molecular weight is 152 g/mol. The van der Waals surface area contributed by atoms with Crippen molar-refractivity contribution < 1.29 is 0 Å². The van der Waals surface area contributed by atoms with E-state index >= 15 is 0 Å². The topological polar surface area (TPSA) is 12.4 Å². The van der Waals surface area contributed by atoms with Crippen LogP contribution in [0.25, 0.3) is 0 Å². The maximum atomic E-state index is 4.20. The van der Waals surface area contributed by atoms with Crippen molar-refractivity contribution in [3.63, 3.8) is 0 Å². The summed E-state index contributed by atoms with van der Waals surface area (Å²) in [4.78, 5) is 0. The molecule has 0 unspecified atom stereocenters. The third kappa shape index (κ3) is 0.913. The van der Waals surface area contributed by atoms with E-state index in [0.717, 1.165) is 17.1 Å². The van der Waals surface area contributed by atoms with E-state index in [2.05, 4.69) is 28.8 Å². The van der Waals surface area contributed by atoms with E-state index in [0.29, 0.717) is 0 Å². The Morgan fingerprint density at radius 1 is 1.11 bits per heavy atom. The van der Waals surface area contributed by atoms with E-state index in [4.69, 9.17) is 0 Å². The predicted molar refractivity (Wildman–Crippen MR) is 42.0 cm³/mol. The van der Waals surface area contributed by atoms with Gasteiger partial charge >= 0.3 is 0 Å². The predicted octanol–water partition coefficient (Wildman–Crippen LogP) is 1.94. The van der Waals surface area contributed by atoms with Crippen molar-refractivity contribution in [2.45, 2.75) is 0 Å². The minimum absolute atomic E-state index is 1.14. The zero-order valence-electron chi connectivity index (χ0n) is 4.65. The van der Waals surface area contributed by atoms with Gasteiger partial charge in [-0.3, -0.25) is 0 Å². The van der Waals surface area contributed by atoms with Crippen LogP contribution in [0.1, 0.15) is 0 Å². The molecule has 0 saturated carbocycles. The number of benzene rings is 1. The van der Waals surface area contributed by atoms with Gasteiger partial charge in [0.25, 0.3) is 0 Å². The maximum absolute atomic E-state index is 4.20. The Labute approximate surface area is 57.2 Å². The molecule has 1 aliphatic heterocycles. The van der Waals surface area contributed by atoms with Crippen molar-refractivity contribution in [3.05, 3.63) is 24.3 Å². The summed E-state index contributed by atoms with van der Waals surface area (Å²) in [7, 11) is 2.27. The number of hydrogen-bond acceptors (Lipinski definition) is 1. The lowest BCUT2D eigenvalue weighted by molar-refractivity contribution is 1.84. The van der Waals surface area contributed by atoms with Crippen LogP contribution in [0.2, 0.25) is 0 Å². The molecule has 1 nitrogen and oxygen atoms in total. The van der Waals surface area contributed by atoms with Gasteiger partial charge in [0, 0.05) is 19.0 Å². The minimum Gasteiger partial charge on any atom is -0.228 e. The summed E-state index contributed by atoms with van der Waals surface area (Å²) in [5.41, 5.74) is 0. The fraction of sp³-hybridized carbons (Fsp3) is 0. The molecule has 2 rings (SSSR count). The molecule has 0 fully saturated rings. The summed E-state index contributed by atoms with van der Waals surface area (Å²) in [6.07, 6.45) is 0. The van der Waals surface area contributed by atoms with Crippen LogP contribution in [0.15, 0.2) is 28.8 Å². The SMILES string of the molecule is c1ccc2c(c1)[P]N=P2. The van der Waals surface area contributed by atoms with E-state index in [1.54, 1.807) is 0 Å². The molecule has 9 heavy (non-hydrogen) atoms. The first-order valence-electron chi connectivity index (χ1n) is 2.67. The highest BCUT2D eigenvalue weighted by Gasteiger charge is 2.04. The van der Waals surface area contributed by atoms with Crippen LogP contribution in [0, 0.1) is 0 Å². The normalized spacial score (nSPS) is 18.2. The van der Waals surface area contributed by atoms with Gasteiger partial charge in [-0.15, -0.1) is 0 Å². The van der Waals surface area contributed by atoms with Gasteiger partial charge < -0.3 is 0 Å². The molecular weight excluding hydrogens is 148 g/mol. The van der Waals surface area contributed by atoms with Crippen molar-refractivity contribution in [2.24, 2.45) is 4.52 Å². The molecule has 0 bridgehead atoms.